The molecule has 1 saturated carbocycles. The molecule has 1 aromatic rings. The molecule has 1 heterocycles. The lowest BCUT2D eigenvalue weighted by molar-refractivity contribution is -0.128. The van der Waals surface area contributed by atoms with Crippen LogP contribution < -0.4 is 11.1 Å². The quantitative estimate of drug-likeness (QED) is 0.887. The van der Waals surface area contributed by atoms with E-state index in [1.165, 1.54) is 6.42 Å². The Morgan fingerprint density at radius 1 is 1.68 bits per heavy atom. The van der Waals surface area contributed by atoms with Crippen LogP contribution >= 0.6 is 11.3 Å². The van der Waals surface area contributed by atoms with E-state index < -0.39 is 5.54 Å². The van der Waals surface area contributed by atoms with Crippen molar-refractivity contribution in [2.45, 2.75) is 51.5 Å². The molecule has 1 fully saturated rings. The van der Waals surface area contributed by atoms with Gasteiger partial charge in [0.1, 0.15) is 0 Å². The Hall–Kier alpha value is -0.940. The molecule has 19 heavy (non-hydrogen) atoms. The first-order chi connectivity index (χ1) is 8.99. The van der Waals surface area contributed by atoms with E-state index in [9.17, 15) is 4.79 Å². The summed E-state index contributed by atoms with van der Waals surface area (Å²) in [5.74, 6) is 0.552. The van der Waals surface area contributed by atoms with E-state index in [1.54, 1.807) is 11.3 Å². The lowest BCUT2D eigenvalue weighted by Crippen LogP contribution is -2.56. The Morgan fingerprint density at radius 3 is 3.11 bits per heavy atom. The second-order valence-corrected chi connectivity index (χ2v) is 6.78. The number of carbonyl (C=O) groups is 1. The molecule has 0 saturated heterocycles. The van der Waals surface area contributed by atoms with E-state index in [-0.39, 0.29) is 5.91 Å². The van der Waals surface area contributed by atoms with Crippen molar-refractivity contribution in [1.82, 2.24) is 10.3 Å². The summed E-state index contributed by atoms with van der Waals surface area (Å²) in [6.07, 6.45) is 4.62. The summed E-state index contributed by atoms with van der Waals surface area (Å²) >= 11 is 1.64. The van der Waals surface area contributed by atoms with Crippen LogP contribution in [0.5, 0.6) is 0 Å². The van der Waals surface area contributed by atoms with E-state index in [1.807, 2.05) is 12.3 Å². The summed E-state index contributed by atoms with van der Waals surface area (Å²) in [6.45, 7) is 4.78. The largest absolute Gasteiger partial charge is 0.354 e. The first-order valence-electron chi connectivity index (χ1n) is 6.98. The van der Waals surface area contributed by atoms with Crippen molar-refractivity contribution in [2.24, 2.45) is 11.7 Å². The first kappa shape index (κ1) is 14.5. The van der Waals surface area contributed by atoms with Crippen LogP contribution in [0.2, 0.25) is 0 Å². The molecule has 0 bridgehead atoms. The van der Waals surface area contributed by atoms with Crippen molar-refractivity contribution in [2.75, 3.05) is 6.54 Å². The predicted molar refractivity (Wildman–Crippen MR) is 78.1 cm³/mol. The molecule has 1 aliphatic carbocycles. The topological polar surface area (TPSA) is 68.0 Å². The lowest BCUT2D eigenvalue weighted by atomic mass is 9.76. The minimum atomic E-state index is -0.657. The van der Waals surface area contributed by atoms with Gasteiger partial charge in [0.05, 0.1) is 16.2 Å². The number of aryl methyl sites for hydroxylation is 1. The maximum Gasteiger partial charge on any atom is 0.240 e. The van der Waals surface area contributed by atoms with Gasteiger partial charge in [-0.25, -0.2) is 4.98 Å². The Morgan fingerprint density at radius 2 is 2.47 bits per heavy atom. The molecule has 0 aliphatic heterocycles. The summed E-state index contributed by atoms with van der Waals surface area (Å²) < 4.78 is 0. The molecule has 1 aromatic heterocycles. The van der Waals surface area contributed by atoms with Crippen LogP contribution in [-0.2, 0) is 11.2 Å². The summed E-state index contributed by atoms with van der Waals surface area (Å²) in [6, 6.07) is 0. The second-order valence-electron chi connectivity index (χ2n) is 5.72. The van der Waals surface area contributed by atoms with Crippen LogP contribution in [0, 0.1) is 12.8 Å². The normalized spacial score (nSPS) is 27.2. The third-order valence-electron chi connectivity index (χ3n) is 3.82. The zero-order valence-electron chi connectivity index (χ0n) is 11.7. The molecule has 2 unspecified atom stereocenters. The van der Waals surface area contributed by atoms with E-state index >= 15 is 0 Å². The molecular weight excluding hydrogens is 258 g/mol. The maximum atomic E-state index is 12.2. The van der Waals surface area contributed by atoms with Crippen LogP contribution in [0.3, 0.4) is 0 Å². The van der Waals surface area contributed by atoms with Gasteiger partial charge in [-0.15, -0.1) is 11.3 Å². The molecule has 1 amide bonds. The minimum Gasteiger partial charge on any atom is -0.354 e. The highest BCUT2D eigenvalue weighted by Gasteiger charge is 2.37. The molecule has 0 spiro atoms. The Kier molecular flexibility index (Phi) is 4.58. The molecule has 5 heteroatoms. The first-order valence-corrected chi connectivity index (χ1v) is 7.86. The second kappa shape index (κ2) is 6.01. The van der Waals surface area contributed by atoms with Gasteiger partial charge in [0.15, 0.2) is 0 Å². The van der Waals surface area contributed by atoms with Crippen LogP contribution in [0.1, 0.15) is 43.3 Å². The SMILES string of the molecule is Cc1nc(CCNC(=O)C2(N)CCCC(C)C2)cs1. The average Bonchev–Trinajstić information content (AvgIpc) is 2.74. The highest BCUT2D eigenvalue weighted by atomic mass is 32.1. The van der Waals surface area contributed by atoms with Crippen molar-refractivity contribution in [3.05, 3.63) is 16.1 Å². The number of hydrogen-bond acceptors (Lipinski definition) is 4. The highest BCUT2D eigenvalue weighted by molar-refractivity contribution is 7.09. The number of nitrogens with two attached hydrogens (primary N) is 1. The Bertz CT molecular complexity index is 446. The van der Waals surface area contributed by atoms with Gasteiger partial charge < -0.3 is 11.1 Å². The third kappa shape index (κ3) is 3.76. The van der Waals surface area contributed by atoms with E-state index in [2.05, 4.69) is 17.2 Å². The van der Waals surface area contributed by atoms with Gasteiger partial charge in [-0.3, -0.25) is 4.79 Å². The van der Waals surface area contributed by atoms with Crippen molar-refractivity contribution >= 4 is 17.2 Å². The Balaban J connectivity index is 1.80. The number of nitrogens with zero attached hydrogens (tertiary/aromatic N) is 1. The minimum absolute atomic E-state index is 0.00556. The summed E-state index contributed by atoms with van der Waals surface area (Å²) in [7, 11) is 0. The fraction of sp³-hybridized carbons (Fsp3) is 0.714. The number of thiazole rings is 1. The monoisotopic (exact) mass is 281 g/mol. The molecule has 1 aliphatic rings. The van der Waals surface area contributed by atoms with Gasteiger partial charge in [-0.2, -0.15) is 0 Å². The van der Waals surface area contributed by atoms with Crippen molar-refractivity contribution in [3.8, 4) is 0 Å². The van der Waals surface area contributed by atoms with Crippen LogP contribution in [-0.4, -0.2) is 23.0 Å². The maximum absolute atomic E-state index is 12.2. The molecule has 0 aromatic carbocycles. The van der Waals surface area contributed by atoms with Gasteiger partial charge in [0, 0.05) is 18.3 Å². The molecule has 0 radical (unpaired) electrons. The summed E-state index contributed by atoms with van der Waals surface area (Å²) in [5, 5.41) is 6.08. The molecule has 106 valence electrons. The van der Waals surface area contributed by atoms with Crippen LogP contribution in [0.15, 0.2) is 5.38 Å². The van der Waals surface area contributed by atoms with Gasteiger partial charge in [0.25, 0.3) is 0 Å². The molecule has 2 rings (SSSR count). The van der Waals surface area contributed by atoms with Crippen LogP contribution in [0.4, 0.5) is 0 Å². The smallest absolute Gasteiger partial charge is 0.240 e. The third-order valence-corrected chi connectivity index (χ3v) is 4.64. The number of hydrogen-bond donors (Lipinski definition) is 2. The molecule has 3 N–H and O–H groups in total. The standard InChI is InChI=1S/C14H23N3OS/c1-10-4-3-6-14(15,8-10)13(18)16-7-5-12-9-19-11(2)17-12/h9-10H,3-8,15H2,1-2H3,(H,16,18). The van der Waals surface area contributed by atoms with E-state index in [0.717, 1.165) is 36.4 Å². The number of rotatable bonds is 4. The summed E-state index contributed by atoms with van der Waals surface area (Å²) in [5.41, 5.74) is 6.64. The number of amides is 1. The van der Waals surface area contributed by atoms with E-state index in [0.29, 0.717) is 12.5 Å². The zero-order valence-corrected chi connectivity index (χ0v) is 12.6. The van der Waals surface area contributed by atoms with Gasteiger partial charge in [0.2, 0.25) is 5.91 Å². The zero-order chi connectivity index (χ0) is 13.9. The number of nitrogens with one attached hydrogen (secondary N) is 1. The van der Waals surface area contributed by atoms with Crippen molar-refractivity contribution in [1.29, 1.82) is 0 Å². The van der Waals surface area contributed by atoms with Gasteiger partial charge in [-0.1, -0.05) is 19.8 Å². The number of carbonyl (C=O) groups excluding carboxylic acids is 1. The van der Waals surface area contributed by atoms with Crippen molar-refractivity contribution in [3.63, 3.8) is 0 Å². The van der Waals surface area contributed by atoms with Gasteiger partial charge in [-0.05, 0) is 25.7 Å². The molecular formula is C14H23N3OS. The lowest BCUT2D eigenvalue weighted by Gasteiger charge is -2.35. The Labute approximate surface area is 118 Å². The van der Waals surface area contributed by atoms with Crippen molar-refractivity contribution < 1.29 is 4.79 Å². The molecule has 2 atom stereocenters. The highest BCUT2D eigenvalue weighted by Crippen LogP contribution is 2.30. The fourth-order valence-corrected chi connectivity index (χ4v) is 3.45. The number of aromatic nitrogens is 1. The fourth-order valence-electron chi connectivity index (χ4n) is 2.80. The summed E-state index contributed by atoms with van der Waals surface area (Å²) in [4.78, 5) is 16.6. The van der Waals surface area contributed by atoms with E-state index in [4.69, 9.17) is 5.73 Å². The molecule has 4 nitrogen and oxygen atoms in total. The van der Waals surface area contributed by atoms with Crippen LogP contribution in [0.25, 0.3) is 0 Å². The predicted octanol–water partition coefficient (Wildman–Crippen LogP) is 2.02. The average molecular weight is 281 g/mol. The van der Waals surface area contributed by atoms with Gasteiger partial charge >= 0.3 is 0 Å².